The molecule has 0 aliphatic rings. The van der Waals surface area contributed by atoms with Crippen LogP contribution in [0.3, 0.4) is 0 Å². The zero-order chi connectivity index (χ0) is 13.5. The second kappa shape index (κ2) is 7.21. The van der Waals surface area contributed by atoms with Gasteiger partial charge in [0.1, 0.15) is 6.04 Å². The normalized spacial score (nSPS) is 12.7. The van der Waals surface area contributed by atoms with E-state index < -0.39 is 0 Å². The number of aryl methyl sites for hydroxylation is 1. The van der Waals surface area contributed by atoms with Crippen LogP contribution in [0.15, 0.2) is 18.3 Å². The molecule has 0 aromatic carbocycles. The van der Waals surface area contributed by atoms with Crippen molar-refractivity contribution in [3.63, 3.8) is 0 Å². The molecule has 0 bridgehead atoms. The van der Waals surface area contributed by atoms with Crippen LogP contribution < -0.4 is 5.32 Å². The maximum atomic E-state index is 11.6. The van der Waals surface area contributed by atoms with E-state index in [-0.39, 0.29) is 17.9 Å². The molecule has 0 aliphatic carbocycles. The SMILES string of the molecule is CCCn1cccc1CN[C@H](C(=O)OC)C(C)C. The van der Waals surface area contributed by atoms with Crippen molar-refractivity contribution in [2.45, 2.75) is 46.3 Å². The fourth-order valence-electron chi connectivity index (χ4n) is 2.00. The Morgan fingerprint density at radius 3 is 2.78 bits per heavy atom. The number of hydrogen-bond acceptors (Lipinski definition) is 3. The molecule has 0 fully saturated rings. The monoisotopic (exact) mass is 252 g/mol. The summed E-state index contributed by atoms with van der Waals surface area (Å²) in [4.78, 5) is 11.6. The Morgan fingerprint density at radius 1 is 1.50 bits per heavy atom. The number of carbonyl (C=O) groups is 1. The van der Waals surface area contributed by atoms with Crippen molar-refractivity contribution >= 4 is 5.97 Å². The minimum atomic E-state index is -0.250. The number of rotatable bonds is 7. The number of hydrogen-bond donors (Lipinski definition) is 1. The predicted octanol–water partition coefficient (Wildman–Crippen LogP) is 2.19. The van der Waals surface area contributed by atoms with Crippen LogP contribution in [0.5, 0.6) is 0 Å². The smallest absolute Gasteiger partial charge is 0.323 e. The number of methoxy groups -OCH3 is 1. The van der Waals surface area contributed by atoms with Gasteiger partial charge in [0.25, 0.3) is 0 Å². The Bertz CT molecular complexity index is 372. The maximum absolute atomic E-state index is 11.6. The molecule has 1 heterocycles. The average molecular weight is 252 g/mol. The van der Waals surface area contributed by atoms with Gasteiger partial charge in [-0.1, -0.05) is 20.8 Å². The average Bonchev–Trinajstić information content (AvgIpc) is 2.77. The van der Waals surface area contributed by atoms with Crippen LogP contribution in [-0.2, 0) is 22.6 Å². The highest BCUT2D eigenvalue weighted by molar-refractivity contribution is 5.75. The summed E-state index contributed by atoms with van der Waals surface area (Å²) in [6.07, 6.45) is 3.18. The van der Waals surface area contributed by atoms with Crippen molar-refractivity contribution in [3.8, 4) is 0 Å². The first kappa shape index (κ1) is 14.8. The number of nitrogens with zero attached hydrogens (tertiary/aromatic N) is 1. The first-order chi connectivity index (χ1) is 8.60. The molecule has 1 N–H and O–H groups in total. The summed E-state index contributed by atoms with van der Waals surface area (Å²) in [5.74, 6) is 0.0191. The van der Waals surface area contributed by atoms with E-state index in [1.54, 1.807) is 0 Å². The van der Waals surface area contributed by atoms with Gasteiger partial charge in [0.2, 0.25) is 0 Å². The molecule has 4 nitrogen and oxygen atoms in total. The van der Waals surface area contributed by atoms with Crippen LogP contribution in [0.4, 0.5) is 0 Å². The molecule has 1 aromatic heterocycles. The molecule has 0 unspecified atom stereocenters. The van der Waals surface area contributed by atoms with E-state index in [1.807, 2.05) is 19.9 Å². The highest BCUT2D eigenvalue weighted by Crippen LogP contribution is 2.07. The number of carbonyl (C=O) groups excluding carboxylic acids is 1. The molecule has 0 radical (unpaired) electrons. The Hall–Kier alpha value is -1.29. The van der Waals surface area contributed by atoms with Gasteiger partial charge in [0.15, 0.2) is 0 Å². The second-order valence-corrected chi connectivity index (χ2v) is 4.82. The molecule has 1 aromatic rings. The van der Waals surface area contributed by atoms with Crippen molar-refractivity contribution in [1.29, 1.82) is 0 Å². The zero-order valence-corrected chi connectivity index (χ0v) is 11.8. The third-order valence-electron chi connectivity index (χ3n) is 3.01. The van der Waals surface area contributed by atoms with Gasteiger partial charge in [-0.15, -0.1) is 0 Å². The standard InChI is InChI=1S/C14H24N2O2/c1-5-8-16-9-6-7-12(16)10-15-13(11(2)3)14(17)18-4/h6-7,9,11,13,15H,5,8,10H2,1-4H3/t13-/m0/s1. The van der Waals surface area contributed by atoms with Crippen LogP contribution >= 0.6 is 0 Å². The fraction of sp³-hybridized carbons (Fsp3) is 0.643. The van der Waals surface area contributed by atoms with Gasteiger partial charge in [-0.25, -0.2) is 0 Å². The van der Waals surface area contributed by atoms with Gasteiger partial charge in [-0.05, 0) is 24.5 Å². The van der Waals surface area contributed by atoms with Crippen LogP contribution in [0.1, 0.15) is 32.9 Å². The number of esters is 1. The topological polar surface area (TPSA) is 43.3 Å². The number of nitrogens with one attached hydrogen (secondary N) is 1. The molecule has 18 heavy (non-hydrogen) atoms. The van der Waals surface area contributed by atoms with E-state index in [9.17, 15) is 4.79 Å². The first-order valence-electron chi connectivity index (χ1n) is 6.55. The van der Waals surface area contributed by atoms with Gasteiger partial charge in [-0.3, -0.25) is 10.1 Å². The van der Waals surface area contributed by atoms with Gasteiger partial charge in [0.05, 0.1) is 7.11 Å². The van der Waals surface area contributed by atoms with Crippen molar-refractivity contribution in [1.82, 2.24) is 9.88 Å². The highest BCUT2D eigenvalue weighted by atomic mass is 16.5. The molecular formula is C14H24N2O2. The molecule has 0 saturated heterocycles. The molecule has 0 amide bonds. The third kappa shape index (κ3) is 3.88. The summed E-state index contributed by atoms with van der Waals surface area (Å²) in [7, 11) is 1.43. The summed E-state index contributed by atoms with van der Waals surface area (Å²) in [6.45, 7) is 7.88. The van der Waals surface area contributed by atoms with Gasteiger partial charge in [0, 0.05) is 25.0 Å². The van der Waals surface area contributed by atoms with Crippen LogP contribution in [0, 0.1) is 5.92 Å². The summed E-state index contributed by atoms with van der Waals surface area (Å²) < 4.78 is 7.02. The second-order valence-electron chi connectivity index (χ2n) is 4.82. The quantitative estimate of drug-likeness (QED) is 0.756. The molecule has 0 aliphatic heterocycles. The van der Waals surface area contributed by atoms with E-state index in [0.717, 1.165) is 13.0 Å². The third-order valence-corrected chi connectivity index (χ3v) is 3.01. The molecule has 102 valence electrons. The lowest BCUT2D eigenvalue weighted by Crippen LogP contribution is -2.41. The van der Waals surface area contributed by atoms with Crippen LogP contribution in [-0.4, -0.2) is 23.7 Å². The Labute approximate surface area is 109 Å². The van der Waals surface area contributed by atoms with E-state index in [0.29, 0.717) is 6.54 Å². The predicted molar refractivity (Wildman–Crippen MR) is 72.2 cm³/mol. The van der Waals surface area contributed by atoms with E-state index >= 15 is 0 Å². The van der Waals surface area contributed by atoms with Crippen molar-refractivity contribution in [2.24, 2.45) is 5.92 Å². The van der Waals surface area contributed by atoms with Crippen LogP contribution in [0.25, 0.3) is 0 Å². The van der Waals surface area contributed by atoms with E-state index in [4.69, 9.17) is 4.74 Å². The van der Waals surface area contributed by atoms with Gasteiger partial charge >= 0.3 is 5.97 Å². The first-order valence-corrected chi connectivity index (χ1v) is 6.55. The largest absolute Gasteiger partial charge is 0.468 e. The fourth-order valence-corrected chi connectivity index (χ4v) is 2.00. The summed E-state index contributed by atoms with van der Waals surface area (Å²) in [5.41, 5.74) is 1.20. The Balaban J connectivity index is 2.61. The maximum Gasteiger partial charge on any atom is 0.323 e. The lowest BCUT2D eigenvalue weighted by atomic mass is 10.0. The highest BCUT2D eigenvalue weighted by Gasteiger charge is 2.22. The summed E-state index contributed by atoms with van der Waals surface area (Å²) >= 11 is 0. The van der Waals surface area contributed by atoms with Crippen molar-refractivity contribution < 1.29 is 9.53 Å². The minimum Gasteiger partial charge on any atom is -0.468 e. The zero-order valence-electron chi connectivity index (χ0n) is 11.8. The van der Waals surface area contributed by atoms with Gasteiger partial charge in [-0.2, -0.15) is 0 Å². The van der Waals surface area contributed by atoms with Crippen molar-refractivity contribution in [3.05, 3.63) is 24.0 Å². The molecule has 0 saturated carbocycles. The molecule has 4 heteroatoms. The molecule has 1 rings (SSSR count). The lowest BCUT2D eigenvalue weighted by Gasteiger charge is -2.20. The van der Waals surface area contributed by atoms with Crippen molar-refractivity contribution in [2.75, 3.05) is 7.11 Å². The minimum absolute atomic E-state index is 0.196. The summed E-state index contributed by atoms with van der Waals surface area (Å²) in [6, 6.07) is 3.87. The van der Waals surface area contributed by atoms with E-state index in [2.05, 4.69) is 29.1 Å². The summed E-state index contributed by atoms with van der Waals surface area (Å²) in [5, 5.41) is 3.28. The molecule has 1 atom stereocenters. The number of aromatic nitrogens is 1. The van der Waals surface area contributed by atoms with Crippen LogP contribution in [0.2, 0.25) is 0 Å². The van der Waals surface area contributed by atoms with Gasteiger partial charge < -0.3 is 9.30 Å². The van der Waals surface area contributed by atoms with E-state index in [1.165, 1.54) is 12.8 Å². The molecular weight excluding hydrogens is 228 g/mol. The molecule has 0 spiro atoms. The Kier molecular flexibility index (Phi) is 5.92. The number of ether oxygens (including phenoxy) is 1. The Morgan fingerprint density at radius 2 is 2.22 bits per heavy atom. The lowest BCUT2D eigenvalue weighted by molar-refractivity contribution is -0.144.